The quantitative estimate of drug-likeness (QED) is 0.838. The number of para-hydroxylation sites is 1. The topological polar surface area (TPSA) is 70.2 Å². The van der Waals surface area contributed by atoms with Crippen molar-refractivity contribution in [2.75, 3.05) is 13.6 Å². The lowest BCUT2D eigenvalue weighted by molar-refractivity contribution is -0.902. The van der Waals surface area contributed by atoms with E-state index in [9.17, 15) is 10.1 Å². The molecule has 1 saturated carbocycles. The lowest BCUT2D eigenvalue weighted by Gasteiger charge is -2.25. The first-order valence-electron chi connectivity index (χ1n) is 8.33. The summed E-state index contributed by atoms with van der Waals surface area (Å²) in [4.78, 5) is 18.1. The smallest absolute Gasteiger partial charge is 0.276 e. The Morgan fingerprint density at radius 1 is 1.54 bits per heavy atom. The lowest BCUT2D eigenvalue weighted by Crippen LogP contribution is -3.10. The van der Waals surface area contributed by atoms with Gasteiger partial charge in [0.15, 0.2) is 11.6 Å². The molecule has 0 radical (unpaired) electrons. The summed E-state index contributed by atoms with van der Waals surface area (Å²) in [6.45, 7) is 4.25. The molecular weight excluding hydrogens is 320 g/mol. The van der Waals surface area contributed by atoms with Gasteiger partial charge in [0.2, 0.25) is 0 Å². The number of carbonyl (C=O) groups excluding carboxylic acids is 1. The highest BCUT2D eigenvalue weighted by Gasteiger charge is 2.43. The summed E-state index contributed by atoms with van der Waals surface area (Å²) in [7, 11) is 2.00. The van der Waals surface area contributed by atoms with Crippen LogP contribution in [-0.2, 0) is 4.79 Å². The Bertz CT molecular complexity index is 759. The maximum Gasteiger partial charge on any atom is 0.276 e. The molecule has 5 nitrogen and oxygen atoms in total. The summed E-state index contributed by atoms with van der Waals surface area (Å²) >= 11 is 1.68. The van der Waals surface area contributed by atoms with Crippen LogP contribution < -0.4 is 10.2 Å². The molecule has 1 fully saturated rings. The van der Waals surface area contributed by atoms with Gasteiger partial charge in [0.1, 0.15) is 11.6 Å². The average Bonchev–Trinajstić information content (AvgIpc) is 3.33. The Balaban J connectivity index is 1.64. The van der Waals surface area contributed by atoms with E-state index in [1.807, 2.05) is 32.2 Å². The first-order valence-corrected chi connectivity index (χ1v) is 9.14. The molecule has 0 saturated heterocycles. The van der Waals surface area contributed by atoms with E-state index in [4.69, 9.17) is 0 Å². The van der Waals surface area contributed by atoms with Gasteiger partial charge >= 0.3 is 0 Å². The van der Waals surface area contributed by atoms with Crippen LogP contribution >= 0.6 is 11.3 Å². The fourth-order valence-corrected chi connectivity index (χ4v) is 4.02. The predicted octanol–water partition coefficient (Wildman–Crippen LogP) is 1.68. The van der Waals surface area contributed by atoms with E-state index in [0.29, 0.717) is 12.5 Å². The molecule has 2 N–H and O–H groups in total. The van der Waals surface area contributed by atoms with Gasteiger partial charge in [-0.1, -0.05) is 12.1 Å². The molecule has 1 aliphatic rings. The first kappa shape index (κ1) is 16.9. The number of amides is 1. The van der Waals surface area contributed by atoms with Gasteiger partial charge in [-0.05, 0) is 44.7 Å². The molecule has 0 spiro atoms. The summed E-state index contributed by atoms with van der Waals surface area (Å²) in [5.74, 6) is 0.227. The van der Waals surface area contributed by atoms with Gasteiger partial charge in [0.05, 0.1) is 23.3 Å². The zero-order chi connectivity index (χ0) is 17.3. The Labute approximate surface area is 146 Å². The van der Waals surface area contributed by atoms with Crippen LogP contribution in [0.1, 0.15) is 37.7 Å². The van der Waals surface area contributed by atoms with E-state index in [2.05, 4.69) is 29.4 Å². The van der Waals surface area contributed by atoms with Crippen molar-refractivity contribution in [3.8, 4) is 6.07 Å². The Morgan fingerprint density at radius 3 is 2.88 bits per heavy atom. The number of thiazole rings is 1. The number of hydrogen-bond donors (Lipinski definition) is 2. The molecular formula is C18H23N4OS+. The second-order valence-electron chi connectivity index (χ2n) is 6.90. The summed E-state index contributed by atoms with van der Waals surface area (Å²) in [5, 5.41) is 13.3. The largest absolute Gasteiger partial charge is 0.333 e. The lowest BCUT2D eigenvalue weighted by atomic mass is 9.98. The highest BCUT2D eigenvalue weighted by Crippen LogP contribution is 2.39. The minimum Gasteiger partial charge on any atom is -0.333 e. The molecule has 0 bridgehead atoms. The van der Waals surface area contributed by atoms with E-state index in [1.165, 1.54) is 4.70 Å². The fraction of sp³-hybridized carbons (Fsp3) is 0.500. The second kappa shape index (κ2) is 6.50. The first-order chi connectivity index (χ1) is 11.4. The van der Waals surface area contributed by atoms with Crippen LogP contribution in [0.4, 0.5) is 0 Å². The van der Waals surface area contributed by atoms with Crippen LogP contribution in [0.3, 0.4) is 0 Å². The molecule has 1 heterocycles. The normalized spacial score (nSPS) is 19.2. The standard InChI is InChI=1S/C18H22N4OS/c1-12(17-20-14-6-4-5-7-15(14)24-17)22(3)10-16(23)21-18(2,11-19)13-8-9-13/h4-7,12-13H,8-10H2,1-3H3,(H,21,23)/p+1/t12-,18-/m0/s1. The van der Waals surface area contributed by atoms with Crippen LogP contribution in [0.15, 0.2) is 24.3 Å². The van der Waals surface area contributed by atoms with Gasteiger partial charge < -0.3 is 10.2 Å². The highest BCUT2D eigenvalue weighted by molar-refractivity contribution is 7.18. The van der Waals surface area contributed by atoms with Crippen molar-refractivity contribution >= 4 is 27.5 Å². The third-order valence-electron chi connectivity index (χ3n) is 4.88. The highest BCUT2D eigenvalue weighted by atomic mass is 32.1. The number of nitrogens with one attached hydrogen (secondary N) is 2. The molecule has 2 aromatic rings. The van der Waals surface area contributed by atoms with E-state index < -0.39 is 5.54 Å². The van der Waals surface area contributed by atoms with Crippen molar-refractivity contribution in [3.05, 3.63) is 29.3 Å². The molecule has 1 unspecified atom stereocenters. The fourth-order valence-electron chi connectivity index (χ4n) is 2.91. The molecule has 1 aromatic heterocycles. The van der Waals surface area contributed by atoms with Gasteiger partial charge in [0.25, 0.3) is 5.91 Å². The maximum absolute atomic E-state index is 12.4. The summed E-state index contributed by atoms with van der Waals surface area (Å²) < 4.78 is 1.17. The third-order valence-corrected chi connectivity index (χ3v) is 6.10. The Hall–Kier alpha value is -1.97. The molecule has 126 valence electrons. The minimum atomic E-state index is -0.726. The predicted molar refractivity (Wildman–Crippen MR) is 94.7 cm³/mol. The van der Waals surface area contributed by atoms with E-state index in [-0.39, 0.29) is 11.9 Å². The number of nitriles is 1. The number of carbonyl (C=O) groups is 1. The van der Waals surface area contributed by atoms with Crippen molar-refractivity contribution < 1.29 is 9.69 Å². The number of quaternary nitrogens is 1. The van der Waals surface area contributed by atoms with Gasteiger partial charge in [-0.25, -0.2) is 4.98 Å². The van der Waals surface area contributed by atoms with Crippen molar-refractivity contribution in [1.29, 1.82) is 5.26 Å². The molecule has 1 amide bonds. The second-order valence-corrected chi connectivity index (χ2v) is 7.96. The van der Waals surface area contributed by atoms with Gasteiger partial charge in [-0.2, -0.15) is 5.26 Å². The van der Waals surface area contributed by atoms with Crippen LogP contribution in [0.25, 0.3) is 10.2 Å². The zero-order valence-electron chi connectivity index (χ0n) is 14.3. The van der Waals surface area contributed by atoms with Crippen molar-refractivity contribution in [3.63, 3.8) is 0 Å². The number of rotatable bonds is 6. The van der Waals surface area contributed by atoms with Crippen molar-refractivity contribution in [2.24, 2.45) is 5.92 Å². The number of likely N-dealkylation sites (N-methyl/N-ethyl adjacent to an activating group) is 1. The van der Waals surface area contributed by atoms with Crippen LogP contribution in [0, 0.1) is 17.2 Å². The van der Waals surface area contributed by atoms with E-state index >= 15 is 0 Å². The molecule has 0 aliphatic heterocycles. The molecule has 24 heavy (non-hydrogen) atoms. The van der Waals surface area contributed by atoms with Gasteiger partial charge in [-0.3, -0.25) is 4.79 Å². The third kappa shape index (κ3) is 3.42. The summed E-state index contributed by atoms with van der Waals surface area (Å²) in [5.41, 5.74) is 0.281. The zero-order valence-corrected chi connectivity index (χ0v) is 15.1. The minimum absolute atomic E-state index is 0.0728. The van der Waals surface area contributed by atoms with Crippen molar-refractivity contribution in [2.45, 2.75) is 38.3 Å². The number of fused-ring (bicyclic) bond motifs is 1. The van der Waals surface area contributed by atoms with Gasteiger partial charge in [-0.15, -0.1) is 11.3 Å². The maximum atomic E-state index is 12.4. The molecule has 3 atom stereocenters. The summed E-state index contributed by atoms with van der Waals surface area (Å²) in [6, 6.07) is 10.5. The molecule has 1 aliphatic carbocycles. The Kier molecular flexibility index (Phi) is 4.57. The SMILES string of the molecule is C[C@@H](c1nc2ccccc2s1)[NH+](C)CC(=O)N[C@@](C)(C#N)C1CC1. The number of nitrogens with zero attached hydrogens (tertiary/aromatic N) is 2. The van der Waals surface area contributed by atoms with Crippen LogP contribution in [0.5, 0.6) is 0 Å². The number of hydrogen-bond acceptors (Lipinski definition) is 4. The van der Waals surface area contributed by atoms with E-state index in [1.54, 1.807) is 11.3 Å². The number of aromatic nitrogens is 1. The Morgan fingerprint density at radius 2 is 2.25 bits per heavy atom. The van der Waals surface area contributed by atoms with Gasteiger partial charge in [0, 0.05) is 0 Å². The average molecular weight is 343 g/mol. The van der Waals surface area contributed by atoms with E-state index in [0.717, 1.165) is 28.3 Å². The molecule has 1 aromatic carbocycles. The number of benzene rings is 1. The van der Waals surface area contributed by atoms with Crippen LogP contribution in [0.2, 0.25) is 0 Å². The summed E-state index contributed by atoms with van der Waals surface area (Å²) in [6.07, 6.45) is 2.05. The molecule has 6 heteroatoms. The monoisotopic (exact) mass is 343 g/mol. The van der Waals surface area contributed by atoms with Crippen molar-refractivity contribution in [1.82, 2.24) is 10.3 Å². The molecule has 3 rings (SSSR count). The van der Waals surface area contributed by atoms with Crippen LogP contribution in [-0.4, -0.2) is 30.0 Å².